The normalized spacial score (nSPS) is 11.4. The Balaban J connectivity index is 3.82. The van der Waals surface area contributed by atoms with Crippen molar-refractivity contribution in [3.63, 3.8) is 0 Å². The molecule has 0 aliphatic carbocycles. The second-order valence-electron chi connectivity index (χ2n) is 1.34. The van der Waals surface area contributed by atoms with Crippen LogP contribution < -0.4 is 5.73 Å². The van der Waals surface area contributed by atoms with E-state index in [2.05, 4.69) is 0 Å². The van der Waals surface area contributed by atoms with Crippen LogP contribution in [0.5, 0.6) is 0 Å². The van der Waals surface area contributed by atoms with Crippen LogP contribution in [-0.2, 0) is 4.79 Å². The molecule has 0 aromatic rings. The minimum absolute atomic E-state index is 0.345. The molecule has 0 unspecified atom stereocenters. The topological polar surface area (TPSA) is 43.1 Å². The van der Waals surface area contributed by atoms with E-state index in [4.69, 9.17) is 5.73 Å². The van der Waals surface area contributed by atoms with Crippen molar-refractivity contribution < 1.29 is 4.79 Å². The van der Waals surface area contributed by atoms with Crippen LogP contribution in [0, 0.1) is 0 Å². The van der Waals surface area contributed by atoms with Crippen molar-refractivity contribution in [2.75, 3.05) is 0 Å². The maximum atomic E-state index is 10.1. The predicted molar refractivity (Wildman–Crippen MR) is 28.6 cm³/mol. The Kier molecular flexibility index (Phi) is 2.12. The van der Waals surface area contributed by atoms with Crippen molar-refractivity contribution in [3.8, 4) is 0 Å². The first kappa shape index (κ1) is 6.21. The smallest absolute Gasteiger partial charge is 0.243 e. The largest absolute Gasteiger partial charge is 0.366 e. The van der Waals surface area contributed by atoms with Gasteiger partial charge in [-0.2, -0.15) is 0 Å². The molecular formula is C5H9NO. The van der Waals surface area contributed by atoms with Gasteiger partial charge < -0.3 is 5.73 Å². The van der Waals surface area contributed by atoms with Gasteiger partial charge in [0, 0.05) is 5.57 Å². The Bertz CT molecular complexity index is 105. The zero-order chi connectivity index (χ0) is 5.86. The fourth-order valence-electron chi connectivity index (χ4n) is 0.142. The van der Waals surface area contributed by atoms with Gasteiger partial charge >= 0.3 is 0 Å². The maximum absolute atomic E-state index is 10.1. The summed E-state index contributed by atoms with van der Waals surface area (Å²) in [7, 11) is 0. The van der Waals surface area contributed by atoms with Crippen LogP contribution in [0.4, 0.5) is 0 Å². The molecule has 40 valence electrons. The first-order valence-corrected chi connectivity index (χ1v) is 2.11. The van der Waals surface area contributed by atoms with E-state index in [1.54, 1.807) is 19.9 Å². The third-order valence-corrected chi connectivity index (χ3v) is 0.822. The van der Waals surface area contributed by atoms with Gasteiger partial charge in [-0.05, 0) is 13.8 Å². The van der Waals surface area contributed by atoms with Crippen LogP contribution >= 0.6 is 0 Å². The fraction of sp³-hybridized carbons (Fsp3) is 0.400. The second kappa shape index (κ2) is 2.39. The summed E-state index contributed by atoms with van der Waals surface area (Å²) in [5, 5.41) is 0. The maximum Gasteiger partial charge on any atom is 0.243 e. The van der Waals surface area contributed by atoms with E-state index in [9.17, 15) is 4.79 Å². The molecular weight excluding hydrogens is 90.1 g/mol. The molecule has 0 heterocycles. The standard InChI is InChI=1S/C5H9NO/c1-3-4(2)5(6)7/h3H,1-2H3,(H2,6,7)/b4-3-. The van der Waals surface area contributed by atoms with Gasteiger partial charge in [-0.25, -0.2) is 0 Å². The molecule has 0 bridgehead atoms. The molecule has 0 spiro atoms. The third-order valence-electron chi connectivity index (χ3n) is 0.822. The van der Waals surface area contributed by atoms with Crippen LogP contribution in [-0.4, -0.2) is 5.91 Å². The van der Waals surface area contributed by atoms with Crippen molar-refractivity contribution in [1.82, 2.24) is 0 Å². The molecule has 2 heteroatoms. The molecule has 0 aliphatic rings. The van der Waals surface area contributed by atoms with E-state index < -0.39 is 0 Å². The number of hydrogen-bond acceptors (Lipinski definition) is 1. The Morgan fingerprint density at radius 3 is 2.14 bits per heavy atom. The monoisotopic (exact) mass is 99.1 g/mol. The van der Waals surface area contributed by atoms with Crippen molar-refractivity contribution in [3.05, 3.63) is 11.6 Å². The summed E-state index contributed by atoms with van der Waals surface area (Å²) in [6.45, 7) is 3.46. The lowest BCUT2D eigenvalue weighted by molar-refractivity contribution is -0.114. The van der Waals surface area contributed by atoms with Crippen molar-refractivity contribution >= 4 is 5.91 Å². The molecule has 2 N–H and O–H groups in total. The van der Waals surface area contributed by atoms with Crippen LogP contribution in [0.3, 0.4) is 0 Å². The fourth-order valence-corrected chi connectivity index (χ4v) is 0.142. The molecule has 0 fully saturated rings. The molecule has 7 heavy (non-hydrogen) atoms. The number of hydrogen-bond donors (Lipinski definition) is 1. The van der Waals surface area contributed by atoms with Gasteiger partial charge in [0.2, 0.25) is 5.91 Å². The van der Waals surface area contributed by atoms with Gasteiger partial charge in [-0.15, -0.1) is 0 Å². The molecule has 0 radical (unpaired) electrons. The lowest BCUT2D eigenvalue weighted by Crippen LogP contribution is -2.10. The third kappa shape index (κ3) is 1.98. The Morgan fingerprint density at radius 1 is 1.71 bits per heavy atom. The summed E-state index contributed by atoms with van der Waals surface area (Å²) >= 11 is 0. The molecule has 1 amide bonds. The van der Waals surface area contributed by atoms with E-state index in [-0.39, 0.29) is 5.91 Å². The van der Waals surface area contributed by atoms with Crippen molar-refractivity contribution in [2.45, 2.75) is 13.8 Å². The highest BCUT2D eigenvalue weighted by atomic mass is 16.1. The Morgan fingerprint density at radius 2 is 2.14 bits per heavy atom. The Hall–Kier alpha value is -0.790. The molecule has 0 rings (SSSR count). The summed E-state index contributed by atoms with van der Waals surface area (Å²) in [6.07, 6.45) is 1.68. The van der Waals surface area contributed by atoms with E-state index in [1.807, 2.05) is 0 Å². The van der Waals surface area contributed by atoms with Gasteiger partial charge in [-0.3, -0.25) is 4.79 Å². The summed E-state index contributed by atoms with van der Waals surface area (Å²) < 4.78 is 0. The first-order valence-electron chi connectivity index (χ1n) is 2.11. The minimum Gasteiger partial charge on any atom is -0.366 e. The van der Waals surface area contributed by atoms with E-state index in [1.165, 1.54) is 0 Å². The number of allylic oxidation sites excluding steroid dienone is 1. The van der Waals surface area contributed by atoms with Crippen LogP contribution in [0.1, 0.15) is 13.8 Å². The van der Waals surface area contributed by atoms with E-state index in [0.29, 0.717) is 5.57 Å². The molecule has 0 atom stereocenters. The first-order chi connectivity index (χ1) is 3.18. The summed E-state index contributed by atoms with van der Waals surface area (Å²) in [6, 6.07) is 0. The number of amides is 1. The van der Waals surface area contributed by atoms with Gasteiger partial charge in [0.05, 0.1) is 0 Å². The zero-order valence-electron chi connectivity index (χ0n) is 4.56. The van der Waals surface area contributed by atoms with E-state index in [0.717, 1.165) is 0 Å². The molecule has 2 nitrogen and oxygen atoms in total. The summed E-state index contributed by atoms with van der Waals surface area (Å²) in [5.41, 5.74) is 5.45. The lowest BCUT2D eigenvalue weighted by Gasteiger charge is -1.85. The van der Waals surface area contributed by atoms with Gasteiger partial charge in [0.25, 0.3) is 0 Å². The Labute approximate surface area is 43.0 Å². The zero-order valence-corrected chi connectivity index (χ0v) is 4.56. The second-order valence-corrected chi connectivity index (χ2v) is 1.34. The average Bonchev–Trinajstić information content (AvgIpc) is 1.65. The highest BCUT2D eigenvalue weighted by Gasteiger charge is 1.90. The highest BCUT2D eigenvalue weighted by Crippen LogP contribution is 1.85. The highest BCUT2D eigenvalue weighted by molar-refractivity contribution is 5.91. The van der Waals surface area contributed by atoms with Gasteiger partial charge in [-0.1, -0.05) is 6.08 Å². The number of rotatable bonds is 1. The van der Waals surface area contributed by atoms with Crippen LogP contribution in [0.2, 0.25) is 0 Å². The molecule has 0 aromatic heterocycles. The molecule has 0 saturated heterocycles. The van der Waals surface area contributed by atoms with Gasteiger partial charge in [0.1, 0.15) is 0 Å². The van der Waals surface area contributed by atoms with Crippen LogP contribution in [0.15, 0.2) is 11.6 Å². The van der Waals surface area contributed by atoms with Gasteiger partial charge in [0.15, 0.2) is 0 Å². The van der Waals surface area contributed by atoms with Crippen LogP contribution in [0.25, 0.3) is 0 Å². The molecule has 0 saturated carbocycles. The molecule has 0 aromatic carbocycles. The minimum atomic E-state index is -0.345. The summed E-state index contributed by atoms with van der Waals surface area (Å²) in [4.78, 5) is 10.1. The SMILES string of the molecule is C/C=C(/C)C(N)=O. The van der Waals surface area contributed by atoms with Crippen molar-refractivity contribution in [1.29, 1.82) is 0 Å². The number of primary amides is 1. The lowest BCUT2D eigenvalue weighted by atomic mass is 10.3. The number of nitrogens with two attached hydrogens (primary N) is 1. The quantitative estimate of drug-likeness (QED) is 0.476. The molecule has 0 aliphatic heterocycles. The number of carbonyl (C=O) groups is 1. The number of carbonyl (C=O) groups excluding carboxylic acids is 1. The average molecular weight is 99.1 g/mol. The summed E-state index contributed by atoms with van der Waals surface area (Å²) in [5.74, 6) is -0.345. The predicted octanol–water partition coefficient (Wildman–Crippen LogP) is 0.438. The van der Waals surface area contributed by atoms with Crippen molar-refractivity contribution in [2.24, 2.45) is 5.73 Å². The van der Waals surface area contributed by atoms with E-state index >= 15 is 0 Å².